The van der Waals surface area contributed by atoms with Gasteiger partial charge in [0.2, 0.25) is 5.91 Å². The lowest BCUT2D eigenvalue weighted by Gasteiger charge is -2.41. The Morgan fingerprint density at radius 1 is 1.09 bits per heavy atom. The number of hydrogen-bond acceptors (Lipinski definition) is 3. The van der Waals surface area contributed by atoms with Gasteiger partial charge in [-0.05, 0) is 47.5 Å². The maximum atomic E-state index is 13.7. The SMILES string of the molecule is COCCN1C(=O)c2ccccc2C(C(=O)Nc2cccc(Cl)c2)C1c1ccc(F)cc1. The molecule has 0 saturated heterocycles. The second kappa shape index (κ2) is 9.51. The molecule has 1 aliphatic rings. The number of hydrogen-bond donors (Lipinski definition) is 1. The fourth-order valence-electron chi connectivity index (χ4n) is 4.13. The second-order valence-corrected chi connectivity index (χ2v) is 7.99. The second-order valence-electron chi connectivity index (χ2n) is 7.55. The van der Waals surface area contributed by atoms with Crippen LogP contribution < -0.4 is 5.32 Å². The van der Waals surface area contributed by atoms with Gasteiger partial charge in [-0.3, -0.25) is 9.59 Å². The van der Waals surface area contributed by atoms with Gasteiger partial charge in [-0.1, -0.05) is 48.0 Å². The third-order valence-corrected chi connectivity index (χ3v) is 5.80. The predicted molar refractivity (Wildman–Crippen MR) is 121 cm³/mol. The lowest BCUT2D eigenvalue weighted by Crippen LogP contribution is -2.47. The number of benzene rings is 3. The third kappa shape index (κ3) is 4.38. The number of carbonyl (C=O) groups is 2. The Kier molecular flexibility index (Phi) is 6.53. The van der Waals surface area contributed by atoms with Crippen LogP contribution in [-0.2, 0) is 9.53 Å². The molecule has 0 aliphatic carbocycles. The van der Waals surface area contributed by atoms with Crippen LogP contribution in [0.15, 0.2) is 72.8 Å². The highest BCUT2D eigenvalue weighted by Gasteiger charge is 2.44. The van der Waals surface area contributed by atoms with E-state index in [4.69, 9.17) is 16.3 Å². The standard InChI is InChI=1S/C25H22ClFN2O3/c1-32-14-13-29-23(16-9-11-18(27)12-10-16)22(20-7-2-3-8-21(20)25(29)31)24(30)28-19-6-4-5-17(26)15-19/h2-12,15,22-23H,13-14H2,1H3,(H,28,30). The molecular weight excluding hydrogens is 431 g/mol. The van der Waals surface area contributed by atoms with Gasteiger partial charge >= 0.3 is 0 Å². The molecule has 7 heteroatoms. The van der Waals surface area contributed by atoms with E-state index in [1.807, 2.05) is 0 Å². The summed E-state index contributed by atoms with van der Waals surface area (Å²) in [5.74, 6) is -1.59. The number of halogens is 2. The van der Waals surface area contributed by atoms with E-state index in [-0.39, 0.29) is 24.2 Å². The summed E-state index contributed by atoms with van der Waals surface area (Å²) in [4.78, 5) is 28.6. The van der Waals surface area contributed by atoms with Crippen molar-refractivity contribution in [2.45, 2.75) is 12.0 Å². The number of anilines is 1. The molecule has 1 heterocycles. The highest BCUT2D eigenvalue weighted by Crippen LogP contribution is 2.43. The highest BCUT2D eigenvalue weighted by atomic mass is 35.5. The Morgan fingerprint density at radius 2 is 1.84 bits per heavy atom. The van der Waals surface area contributed by atoms with Gasteiger partial charge in [0, 0.05) is 29.9 Å². The zero-order valence-corrected chi connectivity index (χ0v) is 18.2. The van der Waals surface area contributed by atoms with Crippen LogP contribution in [0.4, 0.5) is 10.1 Å². The summed E-state index contributed by atoms with van der Waals surface area (Å²) in [6.45, 7) is 0.584. The Balaban J connectivity index is 1.83. The van der Waals surface area contributed by atoms with Crippen LogP contribution in [0.1, 0.15) is 33.4 Å². The van der Waals surface area contributed by atoms with Crippen molar-refractivity contribution in [1.29, 1.82) is 0 Å². The molecule has 0 bridgehead atoms. The molecule has 32 heavy (non-hydrogen) atoms. The van der Waals surface area contributed by atoms with E-state index in [0.717, 1.165) is 0 Å². The van der Waals surface area contributed by atoms with Crippen molar-refractivity contribution in [1.82, 2.24) is 4.90 Å². The third-order valence-electron chi connectivity index (χ3n) is 5.56. The molecular formula is C25H22ClFN2O3. The number of fused-ring (bicyclic) bond motifs is 1. The molecule has 3 aromatic carbocycles. The fourth-order valence-corrected chi connectivity index (χ4v) is 4.32. The molecule has 0 fully saturated rings. The Labute approximate surface area is 190 Å². The molecule has 0 spiro atoms. The molecule has 1 N–H and O–H groups in total. The highest BCUT2D eigenvalue weighted by molar-refractivity contribution is 6.30. The number of ether oxygens (including phenoxy) is 1. The summed E-state index contributed by atoms with van der Waals surface area (Å²) in [6.07, 6.45) is 0. The monoisotopic (exact) mass is 452 g/mol. The van der Waals surface area contributed by atoms with Crippen molar-refractivity contribution in [3.8, 4) is 0 Å². The van der Waals surface area contributed by atoms with Crippen LogP contribution in [0.3, 0.4) is 0 Å². The lowest BCUT2D eigenvalue weighted by atomic mass is 9.79. The minimum atomic E-state index is -0.717. The molecule has 2 unspecified atom stereocenters. The topological polar surface area (TPSA) is 58.6 Å². The first kappa shape index (κ1) is 22.0. The molecule has 0 aromatic heterocycles. The van der Waals surface area contributed by atoms with Gasteiger partial charge in [0.1, 0.15) is 5.82 Å². The number of amides is 2. The van der Waals surface area contributed by atoms with Gasteiger partial charge in [-0.15, -0.1) is 0 Å². The van der Waals surface area contributed by atoms with E-state index in [1.165, 1.54) is 12.1 Å². The van der Waals surface area contributed by atoms with Crippen molar-refractivity contribution >= 4 is 29.1 Å². The molecule has 0 radical (unpaired) electrons. The largest absolute Gasteiger partial charge is 0.383 e. The summed E-state index contributed by atoms with van der Waals surface area (Å²) in [5.41, 5.74) is 2.31. The first-order valence-electron chi connectivity index (χ1n) is 10.2. The van der Waals surface area contributed by atoms with E-state index < -0.39 is 12.0 Å². The fraction of sp³-hybridized carbons (Fsp3) is 0.200. The van der Waals surface area contributed by atoms with Crippen LogP contribution in [0.2, 0.25) is 5.02 Å². The van der Waals surface area contributed by atoms with E-state index >= 15 is 0 Å². The Hall–Kier alpha value is -3.22. The average Bonchev–Trinajstić information content (AvgIpc) is 2.79. The normalized spacial score (nSPS) is 17.7. The maximum Gasteiger partial charge on any atom is 0.254 e. The van der Waals surface area contributed by atoms with Crippen LogP contribution in [0.25, 0.3) is 0 Å². The van der Waals surface area contributed by atoms with Gasteiger partial charge < -0.3 is 15.0 Å². The van der Waals surface area contributed by atoms with Crippen LogP contribution >= 0.6 is 11.6 Å². The van der Waals surface area contributed by atoms with Crippen molar-refractivity contribution in [3.63, 3.8) is 0 Å². The zero-order valence-electron chi connectivity index (χ0n) is 17.4. The summed E-state index contributed by atoms with van der Waals surface area (Å²) in [7, 11) is 1.55. The van der Waals surface area contributed by atoms with Crippen LogP contribution in [-0.4, -0.2) is 37.0 Å². The summed E-state index contributed by atoms with van der Waals surface area (Å²) < 4.78 is 18.9. The van der Waals surface area contributed by atoms with Crippen LogP contribution in [0, 0.1) is 5.82 Å². The van der Waals surface area contributed by atoms with Gasteiger partial charge in [0.05, 0.1) is 18.6 Å². The van der Waals surface area contributed by atoms with Crippen molar-refractivity contribution in [2.24, 2.45) is 0 Å². The summed E-state index contributed by atoms with van der Waals surface area (Å²) in [5, 5.41) is 3.43. The summed E-state index contributed by atoms with van der Waals surface area (Å²) >= 11 is 6.08. The van der Waals surface area contributed by atoms with E-state index in [2.05, 4.69) is 5.32 Å². The number of nitrogens with one attached hydrogen (secondary N) is 1. The number of carbonyl (C=O) groups excluding carboxylic acids is 2. The molecule has 1 aliphatic heterocycles. The first-order chi connectivity index (χ1) is 15.5. The Morgan fingerprint density at radius 3 is 2.56 bits per heavy atom. The average molecular weight is 453 g/mol. The molecule has 0 saturated carbocycles. The minimum Gasteiger partial charge on any atom is -0.383 e. The molecule has 2 atom stereocenters. The number of rotatable bonds is 6. The van der Waals surface area contributed by atoms with Crippen molar-refractivity contribution in [2.75, 3.05) is 25.6 Å². The quantitative estimate of drug-likeness (QED) is 0.569. The number of nitrogens with zero attached hydrogens (tertiary/aromatic N) is 1. The van der Waals surface area contributed by atoms with E-state index in [9.17, 15) is 14.0 Å². The molecule has 2 amide bonds. The van der Waals surface area contributed by atoms with Gasteiger partial charge in [-0.25, -0.2) is 4.39 Å². The van der Waals surface area contributed by atoms with E-state index in [1.54, 1.807) is 72.7 Å². The number of methoxy groups -OCH3 is 1. The van der Waals surface area contributed by atoms with Gasteiger partial charge in [0.15, 0.2) is 0 Å². The van der Waals surface area contributed by atoms with Gasteiger partial charge in [0.25, 0.3) is 5.91 Å². The molecule has 3 aromatic rings. The predicted octanol–water partition coefficient (Wildman–Crippen LogP) is 5.04. The van der Waals surface area contributed by atoms with Crippen molar-refractivity contribution in [3.05, 3.63) is 100 Å². The first-order valence-corrected chi connectivity index (χ1v) is 10.6. The van der Waals surface area contributed by atoms with E-state index in [0.29, 0.717) is 34.0 Å². The smallest absolute Gasteiger partial charge is 0.254 e. The molecule has 164 valence electrons. The van der Waals surface area contributed by atoms with Crippen LogP contribution in [0.5, 0.6) is 0 Å². The lowest BCUT2D eigenvalue weighted by molar-refractivity contribution is -0.119. The summed E-state index contributed by atoms with van der Waals surface area (Å²) in [6, 6.07) is 19.2. The Bertz CT molecular complexity index is 1140. The molecule has 5 nitrogen and oxygen atoms in total. The zero-order chi connectivity index (χ0) is 22.7. The minimum absolute atomic E-state index is 0.196. The maximum absolute atomic E-state index is 13.7. The molecule has 4 rings (SSSR count). The van der Waals surface area contributed by atoms with Gasteiger partial charge in [-0.2, -0.15) is 0 Å². The van der Waals surface area contributed by atoms with Crippen molar-refractivity contribution < 1.29 is 18.7 Å².